The standard InChI is InChI=1S/C23H23ClN2O5/c1-2-30-21-12-15(11-18-17-5-4-16(24)13-19(17)25-23(18)28)3-6-20(21)31-14-22(27)26-7-9-29-10-8-26/h3-6,11-13H,2,7-10,14H2,1H3,(H,25,28)/b18-11+. The topological polar surface area (TPSA) is 77.1 Å². The van der Waals surface area contributed by atoms with Crippen LogP contribution in [-0.2, 0) is 14.3 Å². The Balaban J connectivity index is 1.53. The van der Waals surface area contributed by atoms with E-state index in [9.17, 15) is 9.59 Å². The molecule has 31 heavy (non-hydrogen) atoms. The lowest BCUT2D eigenvalue weighted by Gasteiger charge is -2.26. The number of carbonyl (C=O) groups is 2. The normalized spacial score (nSPS) is 16.8. The molecule has 0 radical (unpaired) electrons. The molecule has 0 atom stereocenters. The number of hydrogen-bond acceptors (Lipinski definition) is 5. The maximum Gasteiger partial charge on any atom is 0.260 e. The molecule has 2 aliphatic rings. The zero-order chi connectivity index (χ0) is 21.8. The summed E-state index contributed by atoms with van der Waals surface area (Å²) in [5, 5.41) is 3.39. The Morgan fingerprint density at radius 2 is 1.97 bits per heavy atom. The zero-order valence-electron chi connectivity index (χ0n) is 17.2. The van der Waals surface area contributed by atoms with Gasteiger partial charge in [-0.3, -0.25) is 9.59 Å². The van der Waals surface area contributed by atoms with Crippen molar-refractivity contribution < 1.29 is 23.8 Å². The summed E-state index contributed by atoms with van der Waals surface area (Å²) in [6, 6.07) is 10.7. The van der Waals surface area contributed by atoms with Gasteiger partial charge >= 0.3 is 0 Å². The fraction of sp³-hybridized carbons (Fsp3) is 0.304. The van der Waals surface area contributed by atoms with Gasteiger partial charge in [-0.2, -0.15) is 0 Å². The van der Waals surface area contributed by atoms with E-state index < -0.39 is 0 Å². The number of amides is 2. The number of carbonyl (C=O) groups excluding carboxylic acids is 2. The van der Waals surface area contributed by atoms with Gasteiger partial charge in [-0.25, -0.2) is 0 Å². The van der Waals surface area contributed by atoms with Crippen LogP contribution >= 0.6 is 11.6 Å². The van der Waals surface area contributed by atoms with Gasteiger partial charge in [0.15, 0.2) is 18.1 Å². The molecule has 0 saturated carbocycles. The van der Waals surface area contributed by atoms with Crippen LogP contribution in [0.15, 0.2) is 36.4 Å². The molecule has 8 heteroatoms. The van der Waals surface area contributed by atoms with E-state index in [2.05, 4.69) is 5.32 Å². The smallest absolute Gasteiger partial charge is 0.260 e. The molecular formula is C23H23ClN2O5. The maximum atomic E-state index is 12.4. The van der Waals surface area contributed by atoms with Gasteiger partial charge < -0.3 is 24.4 Å². The van der Waals surface area contributed by atoms with Crippen molar-refractivity contribution in [1.29, 1.82) is 0 Å². The van der Waals surface area contributed by atoms with E-state index in [0.29, 0.717) is 60.7 Å². The van der Waals surface area contributed by atoms with Crippen molar-refractivity contribution in [3.8, 4) is 11.5 Å². The summed E-state index contributed by atoms with van der Waals surface area (Å²) in [7, 11) is 0. The van der Waals surface area contributed by atoms with Gasteiger partial charge in [-0.15, -0.1) is 0 Å². The van der Waals surface area contributed by atoms with E-state index in [1.165, 1.54) is 0 Å². The molecule has 4 rings (SSSR count). The number of morpholine rings is 1. The summed E-state index contributed by atoms with van der Waals surface area (Å²) in [6.45, 7) is 4.47. The number of anilines is 1. The van der Waals surface area contributed by atoms with Crippen LogP contribution in [0.1, 0.15) is 18.1 Å². The average Bonchev–Trinajstić information content (AvgIpc) is 3.07. The van der Waals surface area contributed by atoms with Crippen LogP contribution in [-0.4, -0.2) is 56.2 Å². The van der Waals surface area contributed by atoms with Crippen LogP contribution < -0.4 is 14.8 Å². The first-order valence-corrected chi connectivity index (χ1v) is 10.5. The van der Waals surface area contributed by atoms with Crippen LogP contribution in [0.2, 0.25) is 5.02 Å². The van der Waals surface area contributed by atoms with Gasteiger partial charge in [-0.05, 0) is 42.8 Å². The molecule has 0 unspecified atom stereocenters. The third-order valence-corrected chi connectivity index (χ3v) is 5.29. The largest absolute Gasteiger partial charge is 0.490 e. The van der Waals surface area contributed by atoms with Crippen molar-refractivity contribution in [2.75, 3.05) is 44.8 Å². The monoisotopic (exact) mass is 442 g/mol. The predicted octanol–water partition coefficient (Wildman–Crippen LogP) is 3.47. The van der Waals surface area contributed by atoms with Crippen molar-refractivity contribution >= 4 is 40.8 Å². The van der Waals surface area contributed by atoms with Crippen molar-refractivity contribution in [3.05, 3.63) is 52.5 Å². The minimum absolute atomic E-state index is 0.0724. The highest BCUT2D eigenvalue weighted by atomic mass is 35.5. The molecule has 2 aliphatic heterocycles. The Bertz CT molecular complexity index is 1030. The van der Waals surface area contributed by atoms with Crippen molar-refractivity contribution in [2.45, 2.75) is 6.92 Å². The Morgan fingerprint density at radius 3 is 2.74 bits per heavy atom. The molecule has 1 saturated heterocycles. The molecule has 0 bridgehead atoms. The third-order valence-electron chi connectivity index (χ3n) is 5.06. The summed E-state index contributed by atoms with van der Waals surface area (Å²) < 4.78 is 16.7. The number of fused-ring (bicyclic) bond motifs is 1. The van der Waals surface area contributed by atoms with Crippen molar-refractivity contribution in [1.82, 2.24) is 4.90 Å². The van der Waals surface area contributed by atoms with E-state index in [1.54, 1.807) is 35.2 Å². The molecule has 2 aromatic rings. The Hall–Kier alpha value is -3.03. The van der Waals surface area contributed by atoms with Gasteiger partial charge in [0.25, 0.3) is 11.8 Å². The highest BCUT2D eigenvalue weighted by Crippen LogP contribution is 2.36. The maximum absolute atomic E-state index is 12.4. The number of benzene rings is 2. The number of ether oxygens (including phenoxy) is 3. The van der Waals surface area contributed by atoms with Crippen LogP contribution in [0.4, 0.5) is 5.69 Å². The fourth-order valence-electron chi connectivity index (χ4n) is 3.52. The molecule has 0 aliphatic carbocycles. The van der Waals surface area contributed by atoms with Gasteiger partial charge in [0.1, 0.15) is 0 Å². The molecule has 1 N–H and O–H groups in total. The van der Waals surface area contributed by atoms with Crippen LogP contribution in [0.3, 0.4) is 0 Å². The first kappa shape index (κ1) is 21.2. The second kappa shape index (κ2) is 9.41. The lowest BCUT2D eigenvalue weighted by Crippen LogP contribution is -2.43. The van der Waals surface area contributed by atoms with Gasteiger partial charge in [0, 0.05) is 29.2 Å². The zero-order valence-corrected chi connectivity index (χ0v) is 17.9. The highest BCUT2D eigenvalue weighted by molar-refractivity contribution is 6.36. The molecule has 2 heterocycles. The molecule has 2 amide bonds. The second-order valence-electron chi connectivity index (χ2n) is 7.12. The van der Waals surface area contributed by atoms with E-state index in [-0.39, 0.29) is 18.4 Å². The number of nitrogens with one attached hydrogen (secondary N) is 1. The summed E-state index contributed by atoms with van der Waals surface area (Å²) in [6.07, 6.45) is 1.79. The fourth-order valence-corrected chi connectivity index (χ4v) is 3.69. The summed E-state index contributed by atoms with van der Waals surface area (Å²) >= 11 is 6.02. The molecule has 1 fully saturated rings. The number of nitrogens with zero attached hydrogens (tertiary/aromatic N) is 1. The average molecular weight is 443 g/mol. The minimum atomic E-state index is -0.188. The number of rotatable bonds is 6. The molecule has 2 aromatic carbocycles. The van der Waals surface area contributed by atoms with Crippen molar-refractivity contribution in [3.63, 3.8) is 0 Å². The lowest BCUT2D eigenvalue weighted by molar-refractivity contribution is -0.137. The first-order chi connectivity index (χ1) is 15.0. The lowest BCUT2D eigenvalue weighted by atomic mass is 10.0. The molecule has 162 valence electrons. The van der Waals surface area contributed by atoms with E-state index in [4.69, 9.17) is 25.8 Å². The van der Waals surface area contributed by atoms with Crippen molar-refractivity contribution in [2.24, 2.45) is 0 Å². The van der Waals surface area contributed by atoms with Gasteiger partial charge in [0.2, 0.25) is 0 Å². The second-order valence-corrected chi connectivity index (χ2v) is 7.56. The first-order valence-electron chi connectivity index (χ1n) is 10.1. The van der Waals surface area contributed by atoms with E-state index in [0.717, 1.165) is 11.1 Å². The summed E-state index contributed by atoms with van der Waals surface area (Å²) in [5.41, 5.74) is 2.81. The Kier molecular flexibility index (Phi) is 6.44. The van der Waals surface area contributed by atoms with E-state index >= 15 is 0 Å². The molecular weight excluding hydrogens is 420 g/mol. The minimum Gasteiger partial charge on any atom is -0.490 e. The predicted molar refractivity (Wildman–Crippen MR) is 118 cm³/mol. The van der Waals surface area contributed by atoms with Crippen LogP contribution in [0.25, 0.3) is 11.6 Å². The van der Waals surface area contributed by atoms with Crippen LogP contribution in [0, 0.1) is 0 Å². The summed E-state index contributed by atoms with van der Waals surface area (Å²) in [4.78, 5) is 26.5. The SMILES string of the molecule is CCOc1cc(/C=C2/C(=O)Nc3cc(Cl)ccc32)ccc1OCC(=O)N1CCOCC1. The van der Waals surface area contributed by atoms with Gasteiger partial charge in [-0.1, -0.05) is 23.7 Å². The number of hydrogen-bond donors (Lipinski definition) is 1. The van der Waals surface area contributed by atoms with E-state index in [1.807, 2.05) is 19.1 Å². The molecule has 0 aromatic heterocycles. The van der Waals surface area contributed by atoms with Gasteiger partial charge in [0.05, 0.1) is 25.5 Å². The highest BCUT2D eigenvalue weighted by Gasteiger charge is 2.24. The molecule has 0 spiro atoms. The third kappa shape index (κ3) is 4.84. The Labute approximate surface area is 185 Å². The quantitative estimate of drug-likeness (QED) is 0.693. The number of halogens is 1. The summed E-state index contributed by atoms with van der Waals surface area (Å²) in [5.74, 6) is 0.719. The Morgan fingerprint density at radius 1 is 1.16 bits per heavy atom. The van der Waals surface area contributed by atoms with Crippen LogP contribution in [0.5, 0.6) is 11.5 Å². The molecule has 7 nitrogen and oxygen atoms in total.